The van der Waals surface area contributed by atoms with Crippen LogP contribution in [0.2, 0.25) is 0 Å². The molecule has 0 spiro atoms. The molecule has 0 amide bonds. The third-order valence-corrected chi connectivity index (χ3v) is 5.62. The van der Waals surface area contributed by atoms with E-state index in [0.29, 0.717) is 0 Å². The van der Waals surface area contributed by atoms with Crippen LogP contribution in [0, 0.1) is 5.92 Å². The first-order chi connectivity index (χ1) is 8.78. The Bertz CT molecular complexity index is 345. The number of hydrogen-bond donors (Lipinski definition) is 2. The van der Waals surface area contributed by atoms with Crippen LogP contribution in [0.5, 0.6) is 0 Å². The summed E-state index contributed by atoms with van der Waals surface area (Å²) in [6.45, 7) is 2.31. The van der Waals surface area contributed by atoms with Crippen LogP contribution >= 0.6 is 27.3 Å². The van der Waals surface area contributed by atoms with E-state index < -0.39 is 0 Å². The summed E-state index contributed by atoms with van der Waals surface area (Å²) in [5.74, 6) is 0.893. The summed E-state index contributed by atoms with van der Waals surface area (Å²) in [5, 5.41) is 9.17. The smallest absolute Gasteiger partial charge is 0.0285 e. The Morgan fingerprint density at radius 2 is 2.11 bits per heavy atom. The quantitative estimate of drug-likeness (QED) is 0.781. The molecule has 0 radical (unpaired) electrons. The molecular weight excluding hydrogens is 308 g/mol. The zero-order chi connectivity index (χ0) is 12.8. The van der Waals surface area contributed by atoms with Crippen LogP contribution in [0.1, 0.15) is 30.6 Å². The van der Waals surface area contributed by atoms with Crippen LogP contribution in [0.25, 0.3) is 0 Å². The third-order valence-electron chi connectivity index (χ3n) is 3.86. The van der Waals surface area contributed by atoms with Crippen molar-refractivity contribution < 1.29 is 0 Å². The highest BCUT2D eigenvalue weighted by Crippen LogP contribution is 2.23. The van der Waals surface area contributed by atoms with Gasteiger partial charge >= 0.3 is 0 Å². The minimum absolute atomic E-state index is 0.768. The molecule has 1 aliphatic rings. The zero-order valence-electron chi connectivity index (χ0n) is 11.0. The second-order valence-electron chi connectivity index (χ2n) is 5.19. The SMILES string of the molecule is CNC1CCC(CNCCc2cc(Br)cs2)CC1. The van der Waals surface area contributed by atoms with Crippen molar-refractivity contribution in [2.45, 2.75) is 38.1 Å². The molecule has 1 fully saturated rings. The van der Waals surface area contributed by atoms with E-state index >= 15 is 0 Å². The normalized spacial score (nSPS) is 24.3. The number of halogens is 1. The van der Waals surface area contributed by atoms with E-state index in [1.165, 1.54) is 41.6 Å². The molecule has 0 bridgehead atoms. The van der Waals surface area contributed by atoms with Gasteiger partial charge in [-0.25, -0.2) is 0 Å². The highest BCUT2D eigenvalue weighted by Gasteiger charge is 2.19. The van der Waals surface area contributed by atoms with Crippen LogP contribution < -0.4 is 10.6 Å². The molecule has 18 heavy (non-hydrogen) atoms. The Kier molecular flexibility index (Phi) is 6.15. The summed E-state index contributed by atoms with van der Waals surface area (Å²) in [4.78, 5) is 1.47. The molecule has 1 saturated carbocycles. The van der Waals surface area contributed by atoms with Crippen molar-refractivity contribution in [2.75, 3.05) is 20.1 Å². The predicted octanol–water partition coefficient (Wildman–Crippen LogP) is 3.42. The Morgan fingerprint density at radius 1 is 1.33 bits per heavy atom. The molecule has 2 rings (SSSR count). The van der Waals surface area contributed by atoms with Gasteiger partial charge in [0.05, 0.1) is 0 Å². The first-order valence-corrected chi connectivity index (χ1v) is 8.56. The minimum atomic E-state index is 0.768. The predicted molar refractivity (Wildman–Crippen MR) is 83.4 cm³/mol. The molecular formula is C14H23BrN2S. The number of nitrogens with one attached hydrogen (secondary N) is 2. The minimum Gasteiger partial charge on any atom is -0.317 e. The van der Waals surface area contributed by atoms with Gasteiger partial charge in [0.15, 0.2) is 0 Å². The molecule has 102 valence electrons. The molecule has 2 N–H and O–H groups in total. The average molecular weight is 331 g/mol. The molecule has 1 aromatic heterocycles. The van der Waals surface area contributed by atoms with Crippen molar-refractivity contribution in [2.24, 2.45) is 5.92 Å². The Balaban J connectivity index is 1.56. The molecule has 1 aliphatic carbocycles. The number of thiophene rings is 1. The van der Waals surface area contributed by atoms with Gasteiger partial charge in [-0.05, 0) is 80.2 Å². The van der Waals surface area contributed by atoms with Crippen molar-refractivity contribution in [1.82, 2.24) is 10.6 Å². The van der Waals surface area contributed by atoms with Gasteiger partial charge in [0.1, 0.15) is 0 Å². The topological polar surface area (TPSA) is 24.1 Å². The van der Waals surface area contributed by atoms with Gasteiger partial charge in [0.25, 0.3) is 0 Å². The van der Waals surface area contributed by atoms with Gasteiger partial charge < -0.3 is 10.6 Å². The first-order valence-electron chi connectivity index (χ1n) is 6.89. The lowest BCUT2D eigenvalue weighted by Gasteiger charge is -2.28. The van der Waals surface area contributed by atoms with E-state index in [1.54, 1.807) is 0 Å². The Hall–Kier alpha value is 0.1000. The average Bonchev–Trinajstić information content (AvgIpc) is 2.81. The van der Waals surface area contributed by atoms with Crippen LogP contribution in [-0.4, -0.2) is 26.2 Å². The summed E-state index contributed by atoms with van der Waals surface area (Å²) in [5.41, 5.74) is 0. The second kappa shape index (κ2) is 7.63. The highest BCUT2D eigenvalue weighted by atomic mass is 79.9. The third kappa shape index (κ3) is 4.65. The van der Waals surface area contributed by atoms with E-state index in [0.717, 1.165) is 24.9 Å². The summed E-state index contributed by atoms with van der Waals surface area (Å²) in [7, 11) is 2.09. The fourth-order valence-corrected chi connectivity index (χ4v) is 4.11. The maximum absolute atomic E-state index is 3.62. The highest BCUT2D eigenvalue weighted by molar-refractivity contribution is 9.10. The first kappa shape index (κ1) is 14.5. The molecule has 0 atom stereocenters. The maximum Gasteiger partial charge on any atom is 0.0285 e. The molecule has 2 nitrogen and oxygen atoms in total. The standard InChI is InChI=1S/C14H23BrN2S/c1-16-13-4-2-11(3-5-13)9-17-7-6-14-8-12(15)10-18-14/h8,10-11,13,16-17H,2-7,9H2,1H3. The van der Waals surface area contributed by atoms with E-state index in [-0.39, 0.29) is 0 Å². The second-order valence-corrected chi connectivity index (χ2v) is 7.10. The van der Waals surface area contributed by atoms with E-state index in [2.05, 4.69) is 45.1 Å². The molecule has 0 aromatic carbocycles. The van der Waals surface area contributed by atoms with Gasteiger partial charge in [-0.2, -0.15) is 0 Å². The molecule has 1 heterocycles. The van der Waals surface area contributed by atoms with Crippen molar-refractivity contribution >= 4 is 27.3 Å². The van der Waals surface area contributed by atoms with E-state index in [4.69, 9.17) is 0 Å². The van der Waals surface area contributed by atoms with Crippen LogP contribution in [0.3, 0.4) is 0 Å². The van der Waals surface area contributed by atoms with Gasteiger partial charge in [-0.15, -0.1) is 11.3 Å². The van der Waals surface area contributed by atoms with Crippen molar-refractivity contribution in [1.29, 1.82) is 0 Å². The van der Waals surface area contributed by atoms with Gasteiger partial charge in [-0.3, -0.25) is 0 Å². The van der Waals surface area contributed by atoms with Gasteiger partial charge in [-0.1, -0.05) is 0 Å². The molecule has 0 unspecified atom stereocenters. The van der Waals surface area contributed by atoms with Gasteiger partial charge in [0, 0.05) is 20.8 Å². The lowest BCUT2D eigenvalue weighted by Crippen LogP contribution is -2.34. The monoisotopic (exact) mass is 330 g/mol. The fourth-order valence-electron chi connectivity index (χ4n) is 2.66. The van der Waals surface area contributed by atoms with E-state index in [9.17, 15) is 0 Å². The van der Waals surface area contributed by atoms with Crippen LogP contribution in [-0.2, 0) is 6.42 Å². The lowest BCUT2D eigenvalue weighted by atomic mass is 9.86. The van der Waals surface area contributed by atoms with Crippen molar-refractivity contribution in [3.63, 3.8) is 0 Å². The van der Waals surface area contributed by atoms with Crippen molar-refractivity contribution in [3.05, 3.63) is 20.8 Å². The molecule has 0 aliphatic heterocycles. The summed E-state index contributed by atoms with van der Waals surface area (Å²) in [6, 6.07) is 2.99. The summed E-state index contributed by atoms with van der Waals surface area (Å²) >= 11 is 5.34. The Labute approximate surface area is 123 Å². The zero-order valence-corrected chi connectivity index (χ0v) is 13.4. The molecule has 1 aromatic rings. The number of rotatable bonds is 6. The maximum atomic E-state index is 3.62. The van der Waals surface area contributed by atoms with E-state index in [1.807, 2.05) is 11.3 Å². The molecule has 4 heteroatoms. The fraction of sp³-hybridized carbons (Fsp3) is 0.714. The molecule has 0 saturated heterocycles. The lowest BCUT2D eigenvalue weighted by molar-refractivity contribution is 0.293. The van der Waals surface area contributed by atoms with Crippen molar-refractivity contribution in [3.8, 4) is 0 Å². The Morgan fingerprint density at radius 3 is 2.72 bits per heavy atom. The summed E-state index contributed by atoms with van der Waals surface area (Å²) < 4.78 is 1.22. The largest absolute Gasteiger partial charge is 0.317 e. The number of hydrogen-bond acceptors (Lipinski definition) is 3. The van der Waals surface area contributed by atoms with Gasteiger partial charge in [0.2, 0.25) is 0 Å². The summed E-state index contributed by atoms with van der Waals surface area (Å²) in [6.07, 6.45) is 6.61. The van der Waals surface area contributed by atoms with Crippen LogP contribution in [0.15, 0.2) is 15.9 Å². The van der Waals surface area contributed by atoms with Crippen LogP contribution in [0.4, 0.5) is 0 Å².